The van der Waals surface area contributed by atoms with Crippen molar-refractivity contribution in [1.82, 2.24) is 10.2 Å². The Kier molecular flexibility index (Phi) is 5.12. The maximum Gasteiger partial charge on any atom is 0.254 e. The van der Waals surface area contributed by atoms with Crippen LogP contribution in [0.5, 0.6) is 0 Å². The lowest BCUT2D eigenvalue weighted by Crippen LogP contribution is -2.45. The molecule has 0 saturated carbocycles. The molecular weight excluding hydrogens is 255 g/mol. The number of carbonyl (C=O) groups excluding carboxylic acids is 1. The van der Waals surface area contributed by atoms with E-state index < -0.39 is 5.82 Å². The van der Waals surface area contributed by atoms with Crippen LogP contribution in [-0.4, -0.2) is 36.5 Å². The Morgan fingerprint density at radius 3 is 2.55 bits per heavy atom. The van der Waals surface area contributed by atoms with Crippen LogP contribution in [0.1, 0.15) is 37.0 Å². The minimum Gasteiger partial charge on any atom is -0.350 e. The van der Waals surface area contributed by atoms with Crippen molar-refractivity contribution < 1.29 is 9.18 Å². The van der Waals surface area contributed by atoms with Crippen molar-refractivity contribution in [3.8, 4) is 0 Å². The summed E-state index contributed by atoms with van der Waals surface area (Å²) in [6.45, 7) is 7.10. The van der Waals surface area contributed by atoms with Gasteiger partial charge in [-0.05, 0) is 44.0 Å². The Labute approximate surface area is 120 Å². The highest BCUT2D eigenvalue weighted by Crippen LogP contribution is 2.17. The zero-order valence-electron chi connectivity index (χ0n) is 12.2. The number of likely N-dealkylation sites (tertiary alicyclic amines) is 1. The molecule has 1 fully saturated rings. The molecular formula is C16H23FN2O. The molecule has 0 spiro atoms. The molecule has 0 radical (unpaired) electrons. The number of amides is 1. The minimum absolute atomic E-state index is 0.122. The Hall–Kier alpha value is -1.42. The van der Waals surface area contributed by atoms with E-state index in [2.05, 4.69) is 24.1 Å². The molecule has 4 heteroatoms. The van der Waals surface area contributed by atoms with Crippen LogP contribution in [-0.2, 0) is 0 Å². The summed E-state index contributed by atoms with van der Waals surface area (Å²) < 4.78 is 13.6. The molecule has 1 atom stereocenters. The number of rotatable bonds is 5. The molecule has 1 unspecified atom stereocenters. The molecule has 1 heterocycles. The van der Waals surface area contributed by atoms with E-state index in [4.69, 9.17) is 0 Å². The number of benzene rings is 1. The summed E-state index contributed by atoms with van der Waals surface area (Å²) in [5.74, 6) is -0.325. The maximum absolute atomic E-state index is 13.6. The van der Waals surface area contributed by atoms with Gasteiger partial charge >= 0.3 is 0 Å². The van der Waals surface area contributed by atoms with Crippen molar-refractivity contribution >= 4 is 5.91 Å². The number of hydrogen-bond acceptors (Lipinski definition) is 2. The summed E-state index contributed by atoms with van der Waals surface area (Å²) in [7, 11) is 0. The lowest BCUT2D eigenvalue weighted by atomic mass is 10.0. The van der Waals surface area contributed by atoms with Crippen molar-refractivity contribution in [3.63, 3.8) is 0 Å². The Bertz CT molecular complexity index is 456. The van der Waals surface area contributed by atoms with Gasteiger partial charge in [-0.1, -0.05) is 26.0 Å². The smallest absolute Gasteiger partial charge is 0.254 e. The fourth-order valence-corrected chi connectivity index (χ4v) is 2.80. The molecule has 0 aromatic heterocycles. The second-order valence-electron chi connectivity index (χ2n) is 5.74. The minimum atomic E-state index is -0.465. The normalized spacial score (nSPS) is 17.4. The Morgan fingerprint density at radius 1 is 1.30 bits per heavy atom. The molecule has 3 nitrogen and oxygen atoms in total. The largest absolute Gasteiger partial charge is 0.350 e. The van der Waals surface area contributed by atoms with E-state index in [1.807, 2.05) is 0 Å². The van der Waals surface area contributed by atoms with Crippen LogP contribution >= 0.6 is 0 Å². The van der Waals surface area contributed by atoms with Crippen LogP contribution in [0, 0.1) is 11.7 Å². The second kappa shape index (κ2) is 6.84. The summed E-state index contributed by atoms with van der Waals surface area (Å²) in [4.78, 5) is 14.5. The zero-order valence-corrected chi connectivity index (χ0v) is 12.2. The topological polar surface area (TPSA) is 32.3 Å². The third-order valence-electron chi connectivity index (χ3n) is 3.97. The van der Waals surface area contributed by atoms with Gasteiger partial charge in [0.25, 0.3) is 5.91 Å². The summed E-state index contributed by atoms with van der Waals surface area (Å²) in [5, 5.41) is 2.88. The number of halogens is 1. The van der Waals surface area contributed by atoms with Crippen LogP contribution in [0.25, 0.3) is 0 Å². The number of hydrogen-bond donors (Lipinski definition) is 1. The highest BCUT2D eigenvalue weighted by atomic mass is 19.1. The van der Waals surface area contributed by atoms with Gasteiger partial charge in [-0.15, -0.1) is 0 Å². The average molecular weight is 278 g/mol. The fraction of sp³-hybridized carbons (Fsp3) is 0.562. The van der Waals surface area contributed by atoms with Crippen LogP contribution in [0.4, 0.5) is 4.39 Å². The molecule has 110 valence electrons. The van der Waals surface area contributed by atoms with Gasteiger partial charge in [-0.25, -0.2) is 4.39 Å². The number of nitrogens with zero attached hydrogens (tertiary/aromatic N) is 1. The molecule has 20 heavy (non-hydrogen) atoms. The van der Waals surface area contributed by atoms with E-state index in [9.17, 15) is 9.18 Å². The van der Waals surface area contributed by atoms with E-state index in [-0.39, 0.29) is 11.5 Å². The fourth-order valence-electron chi connectivity index (χ4n) is 2.80. The van der Waals surface area contributed by atoms with Crippen LogP contribution in [0.2, 0.25) is 0 Å². The van der Waals surface area contributed by atoms with E-state index in [1.54, 1.807) is 12.1 Å². The summed E-state index contributed by atoms with van der Waals surface area (Å²) >= 11 is 0. The van der Waals surface area contributed by atoms with E-state index >= 15 is 0 Å². The van der Waals surface area contributed by atoms with Crippen LogP contribution in [0.15, 0.2) is 24.3 Å². The molecule has 1 aromatic rings. The standard InChI is InChI=1S/C16H23FN2O/c1-12(2)15(19-9-5-6-10-19)11-18-16(20)13-7-3-4-8-14(13)17/h3-4,7-8,12,15H,5-6,9-11H2,1-2H3,(H,18,20). The molecule has 1 aliphatic rings. The molecule has 1 saturated heterocycles. The van der Waals surface area contributed by atoms with Crippen LogP contribution in [0.3, 0.4) is 0 Å². The predicted octanol–water partition coefficient (Wildman–Crippen LogP) is 2.68. The van der Waals surface area contributed by atoms with Crippen molar-refractivity contribution in [3.05, 3.63) is 35.6 Å². The van der Waals surface area contributed by atoms with Crippen LogP contribution < -0.4 is 5.32 Å². The molecule has 2 rings (SSSR count). The van der Waals surface area contributed by atoms with E-state index in [0.717, 1.165) is 13.1 Å². The monoisotopic (exact) mass is 278 g/mol. The first-order valence-electron chi connectivity index (χ1n) is 7.36. The van der Waals surface area contributed by atoms with E-state index in [0.29, 0.717) is 18.5 Å². The molecule has 1 aromatic carbocycles. The first kappa shape index (κ1) is 15.0. The number of carbonyl (C=O) groups is 1. The summed E-state index contributed by atoms with van der Waals surface area (Å²) in [6.07, 6.45) is 2.45. The maximum atomic E-state index is 13.6. The molecule has 0 bridgehead atoms. The zero-order chi connectivity index (χ0) is 14.5. The van der Waals surface area contributed by atoms with Gasteiger partial charge in [-0.2, -0.15) is 0 Å². The number of nitrogens with one attached hydrogen (secondary N) is 1. The van der Waals surface area contributed by atoms with Gasteiger partial charge in [-0.3, -0.25) is 9.69 Å². The molecule has 1 amide bonds. The lowest BCUT2D eigenvalue weighted by Gasteiger charge is -2.31. The lowest BCUT2D eigenvalue weighted by molar-refractivity contribution is 0.0923. The van der Waals surface area contributed by atoms with Gasteiger partial charge in [0.1, 0.15) is 5.82 Å². The van der Waals surface area contributed by atoms with Crippen molar-refractivity contribution in [2.45, 2.75) is 32.7 Å². The third kappa shape index (κ3) is 3.57. The molecule has 1 N–H and O–H groups in total. The quantitative estimate of drug-likeness (QED) is 0.898. The van der Waals surface area contributed by atoms with Gasteiger partial charge in [0, 0.05) is 12.6 Å². The first-order chi connectivity index (χ1) is 9.59. The third-order valence-corrected chi connectivity index (χ3v) is 3.97. The highest BCUT2D eigenvalue weighted by molar-refractivity contribution is 5.94. The second-order valence-corrected chi connectivity index (χ2v) is 5.74. The van der Waals surface area contributed by atoms with Gasteiger partial charge in [0.05, 0.1) is 5.56 Å². The SMILES string of the molecule is CC(C)C(CNC(=O)c1ccccc1F)N1CCCC1. The van der Waals surface area contributed by atoms with E-state index in [1.165, 1.54) is 25.0 Å². The van der Waals surface area contributed by atoms with Crippen molar-refractivity contribution in [1.29, 1.82) is 0 Å². The summed E-state index contributed by atoms with van der Waals surface area (Å²) in [5.41, 5.74) is 0.122. The predicted molar refractivity (Wildman–Crippen MR) is 78.2 cm³/mol. The highest BCUT2D eigenvalue weighted by Gasteiger charge is 2.25. The average Bonchev–Trinajstić information content (AvgIpc) is 2.92. The van der Waals surface area contributed by atoms with Crippen molar-refractivity contribution in [2.75, 3.05) is 19.6 Å². The first-order valence-corrected chi connectivity index (χ1v) is 7.36. The van der Waals surface area contributed by atoms with Gasteiger partial charge in [0.15, 0.2) is 0 Å². The molecule has 0 aliphatic carbocycles. The van der Waals surface area contributed by atoms with Gasteiger partial charge in [0.2, 0.25) is 0 Å². The van der Waals surface area contributed by atoms with Crippen molar-refractivity contribution in [2.24, 2.45) is 5.92 Å². The molecule has 1 aliphatic heterocycles. The van der Waals surface area contributed by atoms with Gasteiger partial charge < -0.3 is 5.32 Å². The Morgan fingerprint density at radius 2 is 1.95 bits per heavy atom. The Balaban J connectivity index is 1.95. The summed E-state index contributed by atoms with van der Waals surface area (Å²) in [6, 6.07) is 6.43.